The van der Waals surface area contributed by atoms with E-state index in [0.717, 1.165) is 37.4 Å². The van der Waals surface area contributed by atoms with E-state index in [0.29, 0.717) is 12.5 Å². The second-order valence-corrected chi connectivity index (χ2v) is 4.56. The zero-order chi connectivity index (χ0) is 14.2. The molecule has 2 aromatic rings. The first-order valence-electron chi connectivity index (χ1n) is 6.97. The second kappa shape index (κ2) is 9.62. The predicted molar refractivity (Wildman–Crippen MR) is 98.2 cm³/mol. The number of H-pyrrole nitrogens is 1. The number of ether oxygens (including phenoxy) is 1. The smallest absolute Gasteiger partial charge is 0.188 e. The van der Waals surface area contributed by atoms with Crippen LogP contribution in [-0.2, 0) is 11.3 Å². The fourth-order valence-corrected chi connectivity index (χ4v) is 1.98. The van der Waals surface area contributed by atoms with Gasteiger partial charge in [0.2, 0.25) is 0 Å². The van der Waals surface area contributed by atoms with Gasteiger partial charge in [-0.1, -0.05) is 18.2 Å². The molecule has 0 saturated carbocycles. The van der Waals surface area contributed by atoms with E-state index in [1.54, 1.807) is 0 Å². The van der Waals surface area contributed by atoms with Crippen LogP contribution in [-0.4, -0.2) is 30.7 Å². The first-order valence-corrected chi connectivity index (χ1v) is 6.97. The van der Waals surface area contributed by atoms with Crippen molar-refractivity contribution in [2.45, 2.75) is 19.9 Å². The van der Waals surface area contributed by atoms with E-state index in [2.05, 4.69) is 33.5 Å². The Morgan fingerprint density at radius 3 is 2.95 bits per heavy atom. The summed E-state index contributed by atoms with van der Waals surface area (Å²) in [5.74, 6) is 0.472. The molecule has 1 heterocycles. The van der Waals surface area contributed by atoms with Crippen molar-refractivity contribution in [3.05, 3.63) is 36.0 Å². The Morgan fingerprint density at radius 2 is 2.19 bits per heavy atom. The number of para-hydroxylation sites is 1. The molecule has 0 aliphatic rings. The maximum Gasteiger partial charge on any atom is 0.188 e. The minimum absolute atomic E-state index is 0. The van der Waals surface area contributed by atoms with E-state index >= 15 is 0 Å². The van der Waals surface area contributed by atoms with Crippen molar-refractivity contribution in [2.24, 2.45) is 10.7 Å². The van der Waals surface area contributed by atoms with E-state index in [9.17, 15) is 0 Å². The van der Waals surface area contributed by atoms with Crippen LogP contribution >= 0.6 is 24.0 Å². The third-order valence-electron chi connectivity index (χ3n) is 2.98. The van der Waals surface area contributed by atoms with Crippen LogP contribution in [0, 0.1) is 0 Å². The van der Waals surface area contributed by atoms with Gasteiger partial charge < -0.3 is 20.8 Å². The zero-order valence-corrected chi connectivity index (χ0v) is 14.6. The number of aliphatic imine (C=N–C) groups is 1. The van der Waals surface area contributed by atoms with Crippen LogP contribution in [0.15, 0.2) is 35.3 Å². The molecular weight excluding hydrogens is 379 g/mol. The van der Waals surface area contributed by atoms with Gasteiger partial charge in [-0.3, -0.25) is 0 Å². The third-order valence-corrected chi connectivity index (χ3v) is 2.98. The summed E-state index contributed by atoms with van der Waals surface area (Å²) in [6.07, 6.45) is 0.927. The van der Waals surface area contributed by atoms with Gasteiger partial charge in [-0.05, 0) is 30.9 Å². The van der Waals surface area contributed by atoms with E-state index < -0.39 is 0 Å². The fourth-order valence-electron chi connectivity index (χ4n) is 1.98. The highest BCUT2D eigenvalue weighted by Gasteiger charge is 1.99. The fraction of sp³-hybridized carbons (Fsp3) is 0.400. The van der Waals surface area contributed by atoms with Gasteiger partial charge in [-0.15, -0.1) is 24.0 Å². The average molecular weight is 402 g/mol. The van der Waals surface area contributed by atoms with Gasteiger partial charge in [0.25, 0.3) is 0 Å². The monoisotopic (exact) mass is 402 g/mol. The van der Waals surface area contributed by atoms with Gasteiger partial charge >= 0.3 is 0 Å². The van der Waals surface area contributed by atoms with Crippen LogP contribution in [0.3, 0.4) is 0 Å². The quantitative estimate of drug-likeness (QED) is 0.289. The highest BCUT2D eigenvalue weighted by atomic mass is 127. The van der Waals surface area contributed by atoms with Crippen LogP contribution in [0.2, 0.25) is 0 Å². The first kappa shape index (κ1) is 17.8. The first-order chi connectivity index (χ1) is 9.79. The summed E-state index contributed by atoms with van der Waals surface area (Å²) in [5, 5.41) is 4.27. The molecule has 0 amide bonds. The summed E-state index contributed by atoms with van der Waals surface area (Å²) in [6, 6.07) is 10.3. The van der Waals surface area contributed by atoms with Crippen LogP contribution in [0.4, 0.5) is 0 Å². The van der Waals surface area contributed by atoms with Crippen LogP contribution < -0.4 is 11.1 Å². The van der Waals surface area contributed by atoms with Gasteiger partial charge in [0.1, 0.15) is 0 Å². The molecule has 0 unspecified atom stereocenters. The third kappa shape index (κ3) is 5.92. The Morgan fingerprint density at radius 1 is 1.38 bits per heavy atom. The van der Waals surface area contributed by atoms with Gasteiger partial charge in [-0.25, -0.2) is 4.99 Å². The molecule has 21 heavy (non-hydrogen) atoms. The summed E-state index contributed by atoms with van der Waals surface area (Å²) >= 11 is 0. The number of rotatable bonds is 7. The number of benzene rings is 1. The van der Waals surface area contributed by atoms with Crippen molar-refractivity contribution >= 4 is 40.8 Å². The van der Waals surface area contributed by atoms with E-state index in [4.69, 9.17) is 10.5 Å². The van der Waals surface area contributed by atoms with E-state index in [1.807, 2.05) is 19.1 Å². The Balaban J connectivity index is 0.00000220. The maximum absolute atomic E-state index is 5.81. The minimum Gasteiger partial charge on any atom is -0.382 e. The molecule has 1 aromatic heterocycles. The highest BCUT2D eigenvalue weighted by Crippen LogP contribution is 2.14. The lowest BCUT2D eigenvalue weighted by molar-refractivity contribution is 0.145. The molecule has 6 heteroatoms. The topological polar surface area (TPSA) is 75.4 Å². The Kier molecular flexibility index (Phi) is 8.14. The standard InChI is InChI=1S/C15H22N4O.HI/c1-2-20-9-5-8-17-15(16)18-11-13-10-12-6-3-4-7-14(12)19-13;/h3-4,6-7,10,19H,2,5,8-9,11H2,1H3,(H3,16,17,18);1H. The predicted octanol–water partition coefficient (Wildman–Crippen LogP) is 2.62. The molecule has 1 aromatic carbocycles. The Bertz CT molecular complexity index is 535. The number of aromatic amines is 1. The Hall–Kier alpha value is -1.28. The maximum atomic E-state index is 5.81. The molecular formula is C15H23IN4O. The van der Waals surface area contributed by atoms with Gasteiger partial charge in [0, 0.05) is 31.0 Å². The van der Waals surface area contributed by atoms with Crippen molar-refractivity contribution in [1.82, 2.24) is 10.3 Å². The summed E-state index contributed by atoms with van der Waals surface area (Å²) in [7, 11) is 0. The van der Waals surface area contributed by atoms with Crippen LogP contribution in [0.5, 0.6) is 0 Å². The van der Waals surface area contributed by atoms with Crippen molar-refractivity contribution in [2.75, 3.05) is 19.8 Å². The molecule has 116 valence electrons. The van der Waals surface area contributed by atoms with E-state index in [1.165, 1.54) is 5.39 Å². The van der Waals surface area contributed by atoms with Gasteiger partial charge in [0.05, 0.1) is 6.54 Å². The number of halogens is 1. The lowest BCUT2D eigenvalue weighted by Crippen LogP contribution is -2.32. The summed E-state index contributed by atoms with van der Waals surface area (Å²) in [4.78, 5) is 7.64. The number of aromatic nitrogens is 1. The molecule has 4 N–H and O–H groups in total. The molecule has 0 aliphatic heterocycles. The number of fused-ring (bicyclic) bond motifs is 1. The molecule has 0 aliphatic carbocycles. The minimum atomic E-state index is 0. The molecule has 0 bridgehead atoms. The second-order valence-electron chi connectivity index (χ2n) is 4.56. The molecule has 2 rings (SSSR count). The number of nitrogens with two attached hydrogens (primary N) is 1. The van der Waals surface area contributed by atoms with Crippen molar-refractivity contribution in [3.8, 4) is 0 Å². The number of hydrogen-bond donors (Lipinski definition) is 3. The number of nitrogens with zero attached hydrogens (tertiary/aromatic N) is 1. The van der Waals surface area contributed by atoms with Crippen molar-refractivity contribution in [3.63, 3.8) is 0 Å². The lowest BCUT2D eigenvalue weighted by Gasteiger charge is -2.05. The number of hydrogen-bond acceptors (Lipinski definition) is 2. The van der Waals surface area contributed by atoms with Crippen LogP contribution in [0.1, 0.15) is 19.0 Å². The van der Waals surface area contributed by atoms with Gasteiger partial charge in [0.15, 0.2) is 5.96 Å². The summed E-state index contributed by atoms with van der Waals surface area (Å²) in [6.45, 7) is 4.83. The van der Waals surface area contributed by atoms with E-state index in [-0.39, 0.29) is 24.0 Å². The number of nitrogens with one attached hydrogen (secondary N) is 2. The lowest BCUT2D eigenvalue weighted by atomic mass is 10.2. The van der Waals surface area contributed by atoms with Crippen molar-refractivity contribution in [1.29, 1.82) is 0 Å². The van der Waals surface area contributed by atoms with Gasteiger partial charge in [-0.2, -0.15) is 0 Å². The number of guanidine groups is 1. The molecule has 5 nitrogen and oxygen atoms in total. The summed E-state index contributed by atoms with van der Waals surface area (Å²) in [5.41, 5.74) is 8.00. The molecule has 0 fully saturated rings. The average Bonchev–Trinajstić information content (AvgIpc) is 2.88. The molecule has 0 spiro atoms. The van der Waals surface area contributed by atoms with Crippen molar-refractivity contribution < 1.29 is 4.74 Å². The summed E-state index contributed by atoms with van der Waals surface area (Å²) < 4.78 is 5.25. The zero-order valence-electron chi connectivity index (χ0n) is 12.3. The Labute approximate surface area is 142 Å². The highest BCUT2D eigenvalue weighted by molar-refractivity contribution is 14.0. The largest absolute Gasteiger partial charge is 0.382 e. The SMILES string of the molecule is CCOCCCNC(N)=NCc1cc2ccccc2[nH]1.I. The normalized spacial score (nSPS) is 11.4. The molecule has 0 radical (unpaired) electrons. The molecule has 0 atom stereocenters. The van der Waals surface area contributed by atoms with Crippen LogP contribution in [0.25, 0.3) is 10.9 Å². The molecule has 0 saturated heterocycles.